The Morgan fingerprint density at radius 1 is 0.667 bits per heavy atom. The summed E-state index contributed by atoms with van der Waals surface area (Å²) < 4.78 is 0. The molecule has 0 saturated heterocycles. The van der Waals surface area contributed by atoms with Crippen molar-refractivity contribution in [2.75, 3.05) is 11.5 Å². The van der Waals surface area contributed by atoms with Gasteiger partial charge in [-0.3, -0.25) is 30.3 Å². The third-order valence-corrected chi connectivity index (χ3v) is 4.26. The third kappa shape index (κ3) is 8.39. The van der Waals surface area contributed by atoms with Crippen LogP contribution in [0.4, 0.5) is 28.4 Å². The number of hydrogen-bond acceptors (Lipinski definition) is 10. The molecule has 0 fully saturated rings. The normalized spacial score (nSPS) is 9.47. The van der Waals surface area contributed by atoms with E-state index in [1.807, 2.05) is 0 Å². The van der Waals surface area contributed by atoms with Crippen molar-refractivity contribution in [1.82, 2.24) is 0 Å². The number of anilines is 2. The molecule has 0 amide bonds. The lowest BCUT2D eigenvalue weighted by Crippen LogP contribution is -2.00. The number of aromatic carboxylic acids is 2. The van der Waals surface area contributed by atoms with E-state index in [1.165, 1.54) is 31.2 Å². The summed E-state index contributed by atoms with van der Waals surface area (Å²) in [5, 5.41) is 48.4. The minimum absolute atomic E-state index is 0.208. The van der Waals surface area contributed by atoms with Crippen LogP contribution in [0, 0.1) is 37.3 Å². The lowest BCUT2D eigenvalue weighted by atomic mass is 10.1. The summed E-state index contributed by atoms with van der Waals surface area (Å²) in [7, 11) is 0. The molecule has 0 aliphatic carbocycles. The van der Waals surface area contributed by atoms with Gasteiger partial charge in [-0.1, -0.05) is 0 Å². The standard InChI is InChI=1S/C7H5N3O6.2C7H7NO2/c1-4-6(9(13)14)2-5(8(11)12)3-7(4)10(15)16;2*8-6-3-1-5(2-4-6)7(9)10/h2-3H,1H3;2*1-4H,8H2,(H,9,10). The van der Waals surface area contributed by atoms with Crippen molar-refractivity contribution < 1.29 is 34.6 Å². The zero-order valence-corrected chi connectivity index (χ0v) is 18.4. The first-order valence-electron chi connectivity index (χ1n) is 9.50. The highest BCUT2D eigenvalue weighted by Gasteiger charge is 2.27. The maximum Gasteiger partial charge on any atom is 0.335 e. The first kappa shape index (κ1) is 28.4. The van der Waals surface area contributed by atoms with Crippen molar-refractivity contribution in [1.29, 1.82) is 0 Å². The maximum atomic E-state index is 10.5. The number of nitrogens with zero attached hydrogens (tertiary/aromatic N) is 3. The van der Waals surface area contributed by atoms with E-state index in [0.29, 0.717) is 23.5 Å². The zero-order valence-electron chi connectivity index (χ0n) is 18.4. The predicted octanol–water partition coefficient (Wildman–Crippen LogP) is 3.65. The molecular formula is C21H19N5O10. The molecule has 0 aromatic heterocycles. The van der Waals surface area contributed by atoms with Gasteiger partial charge in [-0.15, -0.1) is 0 Å². The summed E-state index contributed by atoms with van der Waals surface area (Å²) in [6.07, 6.45) is 0. The smallest absolute Gasteiger partial charge is 0.335 e. The quantitative estimate of drug-likeness (QED) is 0.222. The second-order valence-electron chi connectivity index (χ2n) is 6.73. The second-order valence-corrected chi connectivity index (χ2v) is 6.73. The molecule has 0 bridgehead atoms. The fraction of sp³-hybridized carbons (Fsp3) is 0.0476. The first-order valence-corrected chi connectivity index (χ1v) is 9.50. The highest BCUT2D eigenvalue weighted by molar-refractivity contribution is 5.88. The van der Waals surface area contributed by atoms with Crippen LogP contribution < -0.4 is 11.5 Å². The van der Waals surface area contributed by atoms with Crippen LogP contribution in [0.25, 0.3) is 0 Å². The van der Waals surface area contributed by atoms with Crippen LogP contribution in [-0.4, -0.2) is 36.9 Å². The van der Waals surface area contributed by atoms with Gasteiger partial charge in [0.25, 0.3) is 17.1 Å². The van der Waals surface area contributed by atoms with Crippen LogP contribution in [0.1, 0.15) is 26.3 Å². The van der Waals surface area contributed by atoms with Crippen LogP contribution in [0.3, 0.4) is 0 Å². The Hall–Kier alpha value is -5.60. The molecule has 188 valence electrons. The first-order chi connectivity index (χ1) is 16.7. The van der Waals surface area contributed by atoms with E-state index in [2.05, 4.69) is 0 Å². The van der Waals surface area contributed by atoms with Gasteiger partial charge in [0.1, 0.15) is 5.56 Å². The molecule has 36 heavy (non-hydrogen) atoms. The van der Waals surface area contributed by atoms with E-state index < -0.39 is 43.8 Å². The molecule has 0 saturated carbocycles. The summed E-state index contributed by atoms with van der Waals surface area (Å²) >= 11 is 0. The fourth-order valence-corrected chi connectivity index (χ4v) is 2.41. The Morgan fingerprint density at radius 2 is 0.972 bits per heavy atom. The number of nitrogen functional groups attached to an aromatic ring is 2. The Bertz CT molecular complexity index is 1200. The Balaban J connectivity index is 0.000000282. The van der Waals surface area contributed by atoms with Crippen LogP contribution in [0.15, 0.2) is 60.7 Å². The van der Waals surface area contributed by atoms with Gasteiger partial charge >= 0.3 is 11.9 Å². The predicted molar refractivity (Wildman–Crippen MR) is 127 cm³/mol. The second kappa shape index (κ2) is 12.6. The van der Waals surface area contributed by atoms with Gasteiger partial charge in [0.05, 0.1) is 38.0 Å². The highest BCUT2D eigenvalue weighted by atomic mass is 16.6. The van der Waals surface area contributed by atoms with Crippen molar-refractivity contribution in [3.63, 3.8) is 0 Å². The summed E-state index contributed by atoms with van der Waals surface area (Å²) in [5.74, 6) is -1.86. The number of rotatable bonds is 5. The number of carboxylic acids is 2. The molecule has 15 nitrogen and oxygen atoms in total. The molecule has 3 rings (SSSR count). The lowest BCUT2D eigenvalue weighted by Gasteiger charge is -1.99. The van der Waals surface area contributed by atoms with Crippen LogP contribution in [-0.2, 0) is 0 Å². The van der Waals surface area contributed by atoms with Crippen LogP contribution >= 0.6 is 0 Å². The number of carboxylic acid groups (broad SMARTS) is 2. The largest absolute Gasteiger partial charge is 0.478 e. The minimum Gasteiger partial charge on any atom is -0.478 e. The molecule has 0 unspecified atom stereocenters. The molecule has 3 aromatic carbocycles. The van der Waals surface area contributed by atoms with E-state index in [-0.39, 0.29) is 16.7 Å². The number of carbonyl (C=O) groups is 2. The number of hydrogen-bond donors (Lipinski definition) is 4. The molecular weight excluding hydrogens is 482 g/mol. The van der Waals surface area contributed by atoms with E-state index >= 15 is 0 Å². The Morgan fingerprint density at radius 3 is 1.19 bits per heavy atom. The zero-order chi connectivity index (χ0) is 27.6. The van der Waals surface area contributed by atoms with Crippen molar-refractivity contribution in [3.8, 4) is 0 Å². The van der Waals surface area contributed by atoms with Crippen LogP contribution in [0.5, 0.6) is 0 Å². The maximum absolute atomic E-state index is 10.5. The van der Waals surface area contributed by atoms with Crippen molar-refractivity contribution in [3.05, 3.63) is 108 Å². The molecule has 0 heterocycles. The van der Waals surface area contributed by atoms with E-state index in [9.17, 15) is 39.9 Å². The summed E-state index contributed by atoms with van der Waals surface area (Å²) in [6, 6.07) is 13.5. The molecule has 6 N–H and O–H groups in total. The SMILES string of the molecule is Cc1c([N+](=O)[O-])cc([N+](=O)[O-])cc1[N+](=O)[O-].Nc1ccc(C(=O)O)cc1.Nc1ccc(C(=O)O)cc1. The van der Waals surface area contributed by atoms with Gasteiger partial charge in [0.15, 0.2) is 0 Å². The summed E-state index contributed by atoms with van der Waals surface area (Å²) in [5.41, 5.74) is 10.2. The number of benzene rings is 3. The average Bonchev–Trinajstić information content (AvgIpc) is 2.80. The van der Waals surface area contributed by atoms with E-state index in [4.69, 9.17) is 21.7 Å². The molecule has 0 spiro atoms. The van der Waals surface area contributed by atoms with Gasteiger partial charge in [0.2, 0.25) is 0 Å². The molecule has 0 aliphatic heterocycles. The number of nitro benzene ring substituents is 3. The topological polar surface area (TPSA) is 256 Å². The third-order valence-electron chi connectivity index (χ3n) is 4.26. The Kier molecular flexibility index (Phi) is 9.94. The lowest BCUT2D eigenvalue weighted by molar-refractivity contribution is -0.403. The molecule has 0 radical (unpaired) electrons. The van der Waals surface area contributed by atoms with Gasteiger partial charge < -0.3 is 21.7 Å². The molecule has 3 aromatic rings. The summed E-state index contributed by atoms with van der Waals surface area (Å²) in [4.78, 5) is 49.3. The van der Waals surface area contributed by atoms with Gasteiger partial charge in [-0.05, 0) is 55.5 Å². The van der Waals surface area contributed by atoms with Gasteiger partial charge in [0, 0.05) is 11.4 Å². The number of nitro groups is 3. The van der Waals surface area contributed by atoms with Crippen molar-refractivity contribution >= 4 is 40.4 Å². The van der Waals surface area contributed by atoms with Crippen molar-refractivity contribution in [2.45, 2.75) is 6.92 Å². The summed E-state index contributed by atoms with van der Waals surface area (Å²) in [6.45, 7) is 1.17. The van der Waals surface area contributed by atoms with Crippen molar-refractivity contribution in [2.24, 2.45) is 0 Å². The Labute approximate surface area is 201 Å². The van der Waals surface area contributed by atoms with Crippen LogP contribution in [0.2, 0.25) is 0 Å². The van der Waals surface area contributed by atoms with Gasteiger partial charge in [-0.2, -0.15) is 0 Å². The average molecular weight is 501 g/mol. The highest BCUT2D eigenvalue weighted by Crippen LogP contribution is 2.32. The number of nitrogens with two attached hydrogens (primary N) is 2. The monoisotopic (exact) mass is 501 g/mol. The fourth-order valence-electron chi connectivity index (χ4n) is 2.41. The molecule has 0 atom stereocenters. The van der Waals surface area contributed by atoms with E-state index in [1.54, 1.807) is 24.3 Å². The van der Waals surface area contributed by atoms with Gasteiger partial charge in [-0.25, -0.2) is 9.59 Å². The number of non-ortho nitro benzene ring substituents is 1. The molecule has 15 heteroatoms. The minimum atomic E-state index is -0.931. The molecule has 0 aliphatic rings. The van der Waals surface area contributed by atoms with E-state index in [0.717, 1.165) is 0 Å².